The molecule has 0 bridgehead atoms. The fourth-order valence-corrected chi connectivity index (χ4v) is 1.81. The van der Waals surface area contributed by atoms with Crippen LogP contribution in [0.15, 0.2) is 33.5 Å². The number of rotatable bonds is 1. The zero-order chi connectivity index (χ0) is 9.19. The summed E-state index contributed by atoms with van der Waals surface area (Å²) in [4.78, 5) is 0.174. The molecule has 2 nitrogen and oxygen atoms in total. The summed E-state index contributed by atoms with van der Waals surface area (Å²) < 4.78 is 28.2. The Morgan fingerprint density at radius 3 is 2.50 bits per heavy atom. The van der Waals surface area contributed by atoms with E-state index in [1.165, 1.54) is 25.4 Å². The van der Waals surface area contributed by atoms with E-state index in [9.17, 15) is 8.60 Å². The van der Waals surface area contributed by atoms with Crippen molar-refractivity contribution in [3.8, 4) is 0 Å². The molecule has 0 aromatic heterocycles. The summed E-state index contributed by atoms with van der Waals surface area (Å²) in [5, 5.41) is 0. The van der Waals surface area contributed by atoms with Crippen LogP contribution in [0.2, 0.25) is 0 Å². The molecule has 0 unspecified atom stereocenters. The van der Waals surface area contributed by atoms with Crippen molar-refractivity contribution in [3.63, 3.8) is 0 Å². The highest BCUT2D eigenvalue weighted by molar-refractivity contribution is 7.93. The maximum Gasteiger partial charge on any atom is 0.140 e. The molecule has 1 aromatic carbocycles. The van der Waals surface area contributed by atoms with E-state index in [1.807, 2.05) is 0 Å². The second kappa shape index (κ2) is 3.23. The van der Waals surface area contributed by atoms with Crippen LogP contribution < -0.4 is 0 Å². The van der Waals surface area contributed by atoms with Gasteiger partial charge in [0.1, 0.15) is 5.82 Å². The van der Waals surface area contributed by atoms with Gasteiger partial charge in [-0.3, -0.25) is 0 Å². The third-order valence-electron chi connectivity index (χ3n) is 1.59. The summed E-state index contributed by atoms with van der Waals surface area (Å²) in [6.07, 6.45) is 1.42. The van der Waals surface area contributed by atoms with Crippen molar-refractivity contribution in [2.45, 2.75) is 4.90 Å². The largest absolute Gasteiger partial charge is 0.245 e. The summed E-state index contributed by atoms with van der Waals surface area (Å²) in [6, 6.07) is 5.98. The van der Waals surface area contributed by atoms with E-state index in [1.54, 1.807) is 12.1 Å². The van der Waals surface area contributed by atoms with Gasteiger partial charge in [-0.05, 0) is 12.1 Å². The molecule has 0 aliphatic rings. The second-order valence-corrected chi connectivity index (χ2v) is 4.83. The minimum atomic E-state index is -2.53. The molecule has 0 heterocycles. The van der Waals surface area contributed by atoms with Crippen molar-refractivity contribution in [2.75, 3.05) is 13.3 Å². The van der Waals surface area contributed by atoms with Gasteiger partial charge in [-0.1, -0.05) is 12.1 Å². The SMILES string of the molecule is CN=[S@@](C)(=O)c1ccccc1F. The smallest absolute Gasteiger partial charge is 0.140 e. The molecule has 1 atom stereocenters. The lowest BCUT2D eigenvalue weighted by atomic mass is 10.4. The lowest BCUT2D eigenvalue weighted by molar-refractivity contribution is 0.594. The number of halogens is 1. The molecular weight excluding hydrogens is 177 g/mol. The van der Waals surface area contributed by atoms with Gasteiger partial charge in [-0.15, -0.1) is 0 Å². The third kappa shape index (κ3) is 1.64. The Morgan fingerprint density at radius 2 is 2.00 bits per heavy atom. The molecule has 66 valence electrons. The van der Waals surface area contributed by atoms with E-state index < -0.39 is 15.5 Å². The fraction of sp³-hybridized carbons (Fsp3) is 0.250. The molecule has 0 saturated heterocycles. The molecule has 0 amide bonds. The van der Waals surface area contributed by atoms with Gasteiger partial charge in [0.15, 0.2) is 0 Å². The highest BCUT2D eigenvalue weighted by Crippen LogP contribution is 2.14. The Balaban J connectivity index is 3.40. The fourth-order valence-electron chi connectivity index (χ4n) is 0.850. The predicted octanol–water partition coefficient (Wildman–Crippen LogP) is 1.91. The van der Waals surface area contributed by atoms with Crippen LogP contribution in [0.25, 0.3) is 0 Å². The number of hydrogen-bond acceptors (Lipinski definition) is 2. The number of hydrogen-bond donors (Lipinski definition) is 0. The Morgan fingerprint density at radius 1 is 1.42 bits per heavy atom. The van der Waals surface area contributed by atoms with Crippen LogP contribution in [0.4, 0.5) is 4.39 Å². The molecule has 0 saturated carbocycles. The van der Waals surface area contributed by atoms with E-state index in [-0.39, 0.29) is 4.90 Å². The molecule has 0 spiro atoms. The van der Waals surface area contributed by atoms with Crippen molar-refractivity contribution in [2.24, 2.45) is 4.36 Å². The zero-order valence-corrected chi connectivity index (χ0v) is 7.77. The summed E-state index contributed by atoms with van der Waals surface area (Å²) in [7, 11) is -1.10. The summed E-state index contributed by atoms with van der Waals surface area (Å²) >= 11 is 0. The number of nitrogens with zero attached hydrogens (tertiary/aromatic N) is 1. The molecule has 12 heavy (non-hydrogen) atoms. The highest BCUT2D eigenvalue weighted by Gasteiger charge is 2.09. The van der Waals surface area contributed by atoms with E-state index in [0.717, 1.165) is 0 Å². The minimum absolute atomic E-state index is 0.174. The van der Waals surface area contributed by atoms with Gasteiger partial charge in [-0.25, -0.2) is 13.0 Å². The normalized spacial score (nSPS) is 15.2. The molecule has 0 radical (unpaired) electrons. The first kappa shape index (κ1) is 9.19. The first-order valence-corrected chi connectivity index (χ1v) is 5.35. The molecule has 0 fully saturated rings. The Labute approximate surface area is 71.6 Å². The topological polar surface area (TPSA) is 29.4 Å². The van der Waals surface area contributed by atoms with Crippen molar-refractivity contribution >= 4 is 9.73 Å². The van der Waals surface area contributed by atoms with Crippen LogP contribution in [0.1, 0.15) is 0 Å². The molecule has 4 heteroatoms. The van der Waals surface area contributed by atoms with Gasteiger partial charge >= 0.3 is 0 Å². The maximum atomic E-state index is 13.0. The van der Waals surface area contributed by atoms with Gasteiger partial charge in [0.25, 0.3) is 0 Å². The van der Waals surface area contributed by atoms with Gasteiger partial charge in [0.2, 0.25) is 0 Å². The number of benzene rings is 1. The summed E-state index contributed by atoms with van der Waals surface area (Å²) in [6.45, 7) is 0. The average Bonchev–Trinajstić information content (AvgIpc) is 2.05. The first-order chi connectivity index (χ1) is 5.58. The van der Waals surface area contributed by atoms with Crippen LogP contribution >= 0.6 is 0 Å². The molecule has 0 aliphatic heterocycles. The molecule has 0 N–H and O–H groups in total. The molecular formula is C8H10FNOS. The van der Waals surface area contributed by atoms with Crippen LogP contribution in [-0.4, -0.2) is 17.5 Å². The van der Waals surface area contributed by atoms with Gasteiger partial charge in [0, 0.05) is 13.3 Å². The maximum absolute atomic E-state index is 13.0. The third-order valence-corrected chi connectivity index (χ3v) is 3.44. The minimum Gasteiger partial charge on any atom is -0.245 e. The standard InChI is InChI=1S/C8H10FNOS/c1-10-12(2,11)8-6-4-3-5-7(8)9/h3-6H,1-2H3/t12-/m0/s1. The zero-order valence-electron chi connectivity index (χ0n) is 6.95. The van der Waals surface area contributed by atoms with Crippen molar-refractivity contribution in [3.05, 3.63) is 30.1 Å². The van der Waals surface area contributed by atoms with E-state index in [4.69, 9.17) is 0 Å². The van der Waals surface area contributed by atoms with Crippen LogP contribution in [0, 0.1) is 5.82 Å². The highest BCUT2D eigenvalue weighted by atomic mass is 32.2. The Bertz CT molecular complexity index is 394. The van der Waals surface area contributed by atoms with Gasteiger partial charge in [-0.2, -0.15) is 0 Å². The first-order valence-electron chi connectivity index (χ1n) is 3.43. The van der Waals surface area contributed by atoms with Crippen LogP contribution in [0.5, 0.6) is 0 Å². The van der Waals surface area contributed by atoms with Crippen molar-refractivity contribution < 1.29 is 8.60 Å². The quantitative estimate of drug-likeness (QED) is 0.660. The van der Waals surface area contributed by atoms with E-state index >= 15 is 0 Å². The van der Waals surface area contributed by atoms with Crippen molar-refractivity contribution in [1.29, 1.82) is 0 Å². The molecule has 0 aliphatic carbocycles. The van der Waals surface area contributed by atoms with Crippen molar-refractivity contribution in [1.82, 2.24) is 0 Å². The van der Waals surface area contributed by atoms with Crippen LogP contribution in [0.3, 0.4) is 0 Å². The summed E-state index contributed by atoms with van der Waals surface area (Å²) in [5.74, 6) is -0.462. The van der Waals surface area contributed by atoms with Gasteiger partial charge < -0.3 is 0 Å². The predicted molar refractivity (Wildman–Crippen MR) is 47.1 cm³/mol. The average molecular weight is 187 g/mol. The lowest BCUT2D eigenvalue weighted by Gasteiger charge is -2.02. The molecule has 1 rings (SSSR count). The van der Waals surface area contributed by atoms with Gasteiger partial charge in [0.05, 0.1) is 14.6 Å². The summed E-state index contributed by atoms with van der Waals surface area (Å²) in [5.41, 5.74) is 0. The van der Waals surface area contributed by atoms with E-state index in [0.29, 0.717) is 0 Å². The second-order valence-electron chi connectivity index (χ2n) is 2.42. The van der Waals surface area contributed by atoms with E-state index in [2.05, 4.69) is 4.36 Å². The Hall–Kier alpha value is -0.900. The lowest BCUT2D eigenvalue weighted by Crippen LogP contribution is -1.99. The van der Waals surface area contributed by atoms with Crippen LogP contribution in [-0.2, 0) is 9.73 Å². The Kier molecular flexibility index (Phi) is 2.47. The molecule has 1 aromatic rings. The monoisotopic (exact) mass is 187 g/mol.